The molecule has 1 aliphatic rings. The molecule has 2 N–H and O–H groups in total. The molecule has 0 aliphatic carbocycles. The Kier molecular flexibility index (Phi) is 3.38. The van der Waals surface area contributed by atoms with Crippen LogP contribution in [-0.4, -0.2) is 18.5 Å². The summed E-state index contributed by atoms with van der Waals surface area (Å²) >= 11 is 11.9. The first kappa shape index (κ1) is 11.7. The van der Waals surface area contributed by atoms with Gasteiger partial charge in [-0.25, -0.2) is 0 Å². The summed E-state index contributed by atoms with van der Waals surface area (Å²) in [6, 6.07) is 4.68. The van der Waals surface area contributed by atoms with Crippen LogP contribution < -0.4 is 10.6 Å². The molecule has 1 fully saturated rings. The van der Waals surface area contributed by atoms with Gasteiger partial charge in [-0.3, -0.25) is 4.79 Å². The number of hydrogen-bond acceptors (Lipinski definition) is 2. The van der Waals surface area contributed by atoms with Crippen LogP contribution >= 0.6 is 23.2 Å². The van der Waals surface area contributed by atoms with E-state index in [4.69, 9.17) is 28.9 Å². The minimum absolute atomic E-state index is 0.0736. The molecule has 0 spiro atoms. The second kappa shape index (κ2) is 4.62. The molecule has 0 aromatic heterocycles. The Hall–Kier alpha value is -0.770. The lowest BCUT2D eigenvalue weighted by atomic mass is 10.0. The van der Waals surface area contributed by atoms with E-state index in [0.717, 1.165) is 12.8 Å². The normalized spacial score (nSPS) is 21.3. The third kappa shape index (κ3) is 2.17. The molecule has 1 heterocycles. The van der Waals surface area contributed by atoms with Gasteiger partial charge >= 0.3 is 0 Å². The summed E-state index contributed by atoms with van der Waals surface area (Å²) in [5.41, 5.74) is 6.41. The van der Waals surface area contributed by atoms with Crippen LogP contribution in [0.2, 0.25) is 10.0 Å². The number of nitrogens with two attached hydrogens (primary N) is 1. The van der Waals surface area contributed by atoms with Crippen LogP contribution in [0, 0.1) is 0 Å². The van der Waals surface area contributed by atoms with Gasteiger partial charge in [-0.05, 0) is 31.0 Å². The van der Waals surface area contributed by atoms with Gasteiger partial charge in [0.1, 0.15) is 0 Å². The molecular formula is C11H12Cl2N2O. The predicted octanol–water partition coefficient (Wildman–Crippen LogP) is 2.45. The highest BCUT2D eigenvalue weighted by atomic mass is 35.5. The third-order valence-electron chi connectivity index (χ3n) is 2.68. The maximum atomic E-state index is 11.9. The number of rotatable bonds is 1. The lowest BCUT2D eigenvalue weighted by molar-refractivity contribution is -0.120. The van der Waals surface area contributed by atoms with Crippen molar-refractivity contribution >= 4 is 34.8 Å². The van der Waals surface area contributed by atoms with Crippen LogP contribution in [-0.2, 0) is 4.79 Å². The Balaban J connectivity index is 2.32. The average Bonchev–Trinajstić information content (AvgIpc) is 2.23. The first-order valence-corrected chi connectivity index (χ1v) is 5.87. The minimum atomic E-state index is -0.416. The van der Waals surface area contributed by atoms with E-state index >= 15 is 0 Å². The van der Waals surface area contributed by atoms with Crippen LogP contribution in [0.3, 0.4) is 0 Å². The van der Waals surface area contributed by atoms with Crippen molar-refractivity contribution in [3.05, 3.63) is 28.2 Å². The molecule has 2 rings (SSSR count). The molecule has 0 unspecified atom stereocenters. The van der Waals surface area contributed by atoms with E-state index in [9.17, 15) is 4.79 Å². The van der Waals surface area contributed by atoms with E-state index in [0.29, 0.717) is 22.3 Å². The second-order valence-electron chi connectivity index (χ2n) is 3.83. The van der Waals surface area contributed by atoms with Crippen molar-refractivity contribution in [2.75, 3.05) is 11.4 Å². The van der Waals surface area contributed by atoms with Gasteiger partial charge in [0.25, 0.3) is 0 Å². The molecule has 1 aromatic carbocycles. The van der Waals surface area contributed by atoms with Crippen molar-refractivity contribution in [3.63, 3.8) is 0 Å². The summed E-state index contributed by atoms with van der Waals surface area (Å²) in [5.74, 6) is -0.0736. The summed E-state index contributed by atoms with van der Waals surface area (Å²) in [6.45, 7) is 0.661. The highest BCUT2D eigenvalue weighted by molar-refractivity contribution is 6.36. The quantitative estimate of drug-likeness (QED) is 0.842. The van der Waals surface area contributed by atoms with Gasteiger partial charge in [-0.1, -0.05) is 23.2 Å². The van der Waals surface area contributed by atoms with Crippen molar-refractivity contribution in [2.45, 2.75) is 18.9 Å². The zero-order valence-electron chi connectivity index (χ0n) is 8.62. The SMILES string of the molecule is N[C@H]1CCCN(c2ccc(Cl)cc2Cl)C1=O. The monoisotopic (exact) mass is 258 g/mol. The molecule has 1 aliphatic heterocycles. The number of amides is 1. The standard InChI is InChI=1S/C11H12Cl2N2O/c12-7-3-4-10(8(13)6-7)15-5-1-2-9(14)11(15)16/h3-4,6,9H,1-2,5,14H2/t9-/m0/s1. The van der Waals surface area contributed by atoms with Gasteiger partial charge in [-0.2, -0.15) is 0 Å². The van der Waals surface area contributed by atoms with Crippen LogP contribution in [0.15, 0.2) is 18.2 Å². The maximum Gasteiger partial charge on any atom is 0.243 e. The lowest BCUT2D eigenvalue weighted by Gasteiger charge is -2.31. The van der Waals surface area contributed by atoms with E-state index in [1.165, 1.54) is 0 Å². The largest absolute Gasteiger partial charge is 0.320 e. The van der Waals surface area contributed by atoms with E-state index in [1.54, 1.807) is 23.1 Å². The number of hydrogen-bond donors (Lipinski definition) is 1. The smallest absolute Gasteiger partial charge is 0.243 e. The van der Waals surface area contributed by atoms with E-state index in [-0.39, 0.29) is 5.91 Å². The molecule has 0 bridgehead atoms. The number of halogens is 2. The van der Waals surface area contributed by atoms with Gasteiger partial charge in [0.15, 0.2) is 0 Å². The lowest BCUT2D eigenvalue weighted by Crippen LogP contribution is -2.48. The highest BCUT2D eigenvalue weighted by Crippen LogP contribution is 2.30. The molecule has 0 saturated carbocycles. The van der Waals surface area contributed by atoms with Gasteiger partial charge in [-0.15, -0.1) is 0 Å². The van der Waals surface area contributed by atoms with Crippen LogP contribution in [0.5, 0.6) is 0 Å². The molecule has 1 atom stereocenters. The van der Waals surface area contributed by atoms with Crippen LogP contribution in [0.1, 0.15) is 12.8 Å². The summed E-state index contributed by atoms with van der Waals surface area (Å²) in [7, 11) is 0. The fraction of sp³-hybridized carbons (Fsp3) is 0.364. The van der Waals surface area contributed by atoms with Gasteiger partial charge < -0.3 is 10.6 Å². The fourth-order valence-electron chi connectivity index (χ4n) is 1.84. The second-order valence-corrected chi connectivity index (χ2v) is 4.68. The molecule has 5 heteroatoms. The molecular weight excluding hydrogens is 247 g/mol. The Morgan fingerprint density at radius 3 is 2.81 bits per heavy atom. The maximum absolute atomic E-state index is 11.9. The predicted molar refractivity (Wildman–Crippen MR) is 66.0 cm³/mol. The third-order valence-corrected chi connectivity index (χ3v) is 3.22. The first-order chi connectivity index (χ1) is 7.59. The summed E-state index contributed by atoms with van der Waals surface area (Å²) < 4.78 is 0. The van der Waals surface area contributed by atoms with Crippen molar-refractivity contribution < 1.29 is 4.79 Å². The first-order valence-electron chi connectivity index (χ1n) is 5.11. The van der Waals surface area contributed by atoms with Gasteiger partial charge in [0.2, 0.25) is 5.91 Å². The zero-order chi connectivity index (χ0) is 11.7. The summed E-state index contributed by atoms with van der Waals surface area (Å²) in [6.07, 6.45) is 1.63. The van der Waals surface area contributed by atoms with Crippen molar-refractivity contribution in [2.24, 2.45) is 5.73 Å². The highest BCUT2D eigenvalue weighted by Gasteiger charge is 2.27. The summed E-state index contributed by atoms with van der Waals surface area (Å²) in [4.78, 5) is 13.5. The number of anilines is 1. The van der Waals surface area contributed by atoms with E-state index in [1.807, 2.05) is 0 Å². The minimum Gasteiger partial charge on any atom is -0.320 e. The Morgan fingerprint density at radius 1 is 1.38 bits per heavy atom. The van der Waals surface area contributed by atoms with Crippen LogP contribution in [0.4, 0.5) is 5.69 Å². The van der Waals surface area contributed by atoms with Crippen molar-refractivity contribution in [1.29, 1.82) is 0 Å². The summed E-state index contributed by atoms with van der Waals surface area (Å²) in [5, 5.41) is 1.04. The molecule has 86 valence electrons. The van der Waals surface area contributed by atoms with E-state index < -0.39 is 6.04 Å². The Morgan fingerprint density at radius 2 is 2.12 bits per heavy atom. The molecule has 0 radical (unpaired) electrons. The zero-order valence-corrected chi connectivity index (χ0v) is 10.1. The number of carbonyl (C=O) groups is 1. The van der Waals surface area contributed by atoms with Crippen LogP contribution in [0.25, 0.3) is 0 Å². The number of nitrogens with zero attached hydrogens (tertiary/aromatic N) is 1. The molecule has 1 amide bonds. The topological polar surface area (TPSA) is 46.3 Å². The van der Waals surface area contributed by atoms with Gasteiger partial charge in [0.05, 0.1) is 16.8 Å². The fourth-order valence-corrected chi connectivity index (χ4v) is 2.35. The number of carbonyl (C=O) groups excluding carboxylic acids is 1. The average molecular weight is 259 g/mol. The Bertz CT molecular complexity index is 422. The number of benzene rings is 1. The molecule has 1 aromatic rings. The van der Waals surface area contributed by atoms with Gasteiger partial charge in [0, 0.05) is 11.6 Å². The molecule has 16 heavy (non-hydrogen) atoms. The molecule has 1 saturated heterocycles. The van der Waals surface area contributed by atoms with Crippen molar-refractivity contribution in [1.82, 2.24) is 0 Å². The molecule has 3 nitrogen and oxygen atoms in total. The number of piperidine rings is 1. The van der Waals surface area contributed by atoms with Crippen molar-refractivity contribution in [3.8, 4) is 0 Å². The van der Waals surface area contributed by atoms with E-state index in [2.05, 4.69) is 0 Å². The Labute approximate surface area is 104 Å².